The normalized spacial score (nSPS) is 15.5. The summed E-state index contributed by atoms with van der Waals surface area (Å²) < 4.78 is 16.2. The summed E-state index contributed by atoms with van der Waals surface area (Å²) in [5.41, 5.74) is 5.37. The number of amides is 1. The summed E-state index contributed by atoms with van der Waals surface area (Å²) in [5.74, 6) is 1.16. The van der Waals surface area contributed by atoms with E-state index in [2.05, 4.69) is 5.32 Å². The summed E-state index contributed by atoms with van der Waals surface area (Å²) in [4.78, 5) is 11.4. The molecular formula is C14H20N2O4. The van der Waals surface area contributed by atoms with Crippen LogP contribution in [0.25, 0.3) is 0 Å². The van der Waals surface area contributed by atoms with Crippen LogP contribution in [0.4, 0.5) is 0 Å². The van der Waals surface area contributed by atoms with Gasteiger partial charge in [-0.1, -0.05) is 6.07 Å². The van der Waals surface area contributed by atoms with Gasteiger partial charge in [-0.15, -0.1) is 0 Å². The fourth-order valence-electron chi connectivity index (χ4n) is 1.87. The van der Waals surface area contributed by atoms with Crippen LogP contribution >= 0.6 is 0 Å². The first-order valence-corrected chi connectivity index (χ1v) is 6.55. The summed E-state index contributed by atoms with van der Waals surface area (Å²) in [6, 6.07) is 5.20. The van der Waals surface area contributed by atoms with Crippen LogP contribution in [-0.2, 0) is 4.79 Å². The number of rotatable bonds is 8. The standard InChI is InChI=1S/C14H20N2O4/c1-18-11-4-3-5-12(19-2)13(11)20-8-10(14(15)17)16-9-6-7-9/h3-5,9-10,16H,6-8H2,1-2H3,(H2,15,17). The lowest BCUT2D eigenvalue weighted by Crippen LogP contribution is -2.46. The minimum absolute atomic E-state index is 0.141. The second-order valence-electron chi connectivity index (χ2n) is 4.70. The van der Waals surface area contributed by atoms with Gasteiger partial charge in [-0.05, 0) is 25.0 Å². The molecule has 0 bridgehead atoms. The number of para-hydroxylation sites is 1. The quantitative estimate of drug-likeness (QED) is 0.732. The zero-order valence-corrected chi connectivity index (χ0v) is 11.7. The Bertz CT molecular complexity index is 452. The molecule has 6 nitrogen and oxygen atoms in total. The number of carbonyl (C=O) groups excluding carboxylic acids is 1. The first-order valence-electron chi connectivity index (χ1n) is 6.55. The highest BCUT2D eigenvalue weighted by Crippen LogP contribution is 2.36. The molecule has 1 aromatic carbocycles. The van der Waals surface area contributed by atoms with Crippen LogP contribution in [0.15, 0.2) is 18.2 Å². The Kier molecular flexibility index (Phi) is 4.68. The van der Waals surface area contributed by atoms with E-state index in [-0.39, 0.29) is 6.61 Å². The van der Waals surface area contributed by atoms with E-state index in [4.69, 9.17) is 19.9 Å². The molecule has 20 heavy (non-hydrogen) atoms. The second kappa shape index (κ2) is 6.47. The van der Waals surface area contributed by atoms with Crippen LogP contribution in [0.2, 0.25) is 0 Å². The molecule has 1 aromatic rings. The molecule has 0 radical (unpaired) electrons. The first kappa shape index (κ1) is 14.5. The van der Waals surface area contributed by atoms with Crippen LogP contribution in [0.3, 0.4) is 0 Å². The number of hydrogen-bond donors (Lipinski definition) is 2. The van der Waals surface area contributed by atoms with Crippen LogP contribution in [0, 0.1) is 0 Å². The molecule has 0 aromatic heterocycles. The van der Waals surface area contributed by atoms with Gasteiger partial charge in [0.05, 0.1) is 14.2 Å². The lowest BCUT2D eigenvalue weighted by molar-refractivity contribution is -0.120. The Morgan fingerprint density at radius 1 is 1.35 bits per heavy atom. The van der Waals surface area contributed by atoms with Gasteiger partial charge in [0, 0.05) is 6.04 Å². The van der Waals surface area contributed by atoms with E-state index in [9.17, 15) is 4.79 Å². The van der Waals surface area contributed by atoms with Gasteiger partial charge in [0.1, 0.15) is 12.6 Å². The largest absolute Gasteiger partial charge is 0.493 e. The highest BCUT2D eigenvalue weighted by molar-refractivity contribution is 5.80. The third kappa shape index (κ3) is 3.54. The Labute approximate surface area is 118 Å². The van der Waals surface area contributed by atoms with E-state index in [1.165, 1.54) is 0 Å². The number of nitrogens with two attached hydrogens (primary N) is 1. The smallest absolute Gasteiger partial charge is 0.238 e. The summed E-state index contributed by atoms with van der Waals surface area (Å²) in [6.45, 7) is 0.141. The molecule has 2 rings (SSSR count). The minimum atomic E-state index is -0.517. The summed E-state index contributed by atoms with van der Waals surface area (Å²) in [7, 11) is 3.10. The van der Waals surface area contributed by atoms with Crippen molar-refractivity contribution in [3.63, 3.8) is 0 Å². The van der Waals surface area contributed by atoms with Crippen LogP contribution < -0.4 is 25.3 Å². The molecule has 110 valence electrons. The van der Waals surface area contributed by atoms with Crippen molar-refractivity contribution in [2.45, 2.75) is 24.9 Å². The zero-order valence-electron chi connectivity index (χ0n) is 11.7. The van der Waals surface area contributed by atoms with E-state index in [0.29, 0.717) is 23.3 Å². The van der Waals surface area contributed by atoms with Gasteiger partial charge in [-0.3, -0.25) is 4.79 Å². The summed E-state index contributed by atoms with van der Waals surface area (Å²) >= 11 is 0. The Morgan fingerprint density at radius 3 is 2.40 bits per heavy atom. The van der Waals surface area contributed by atoms with Crippen molar-refractivity contribution in [2.24, 2.45) is 5.73 Å². The maximum atomic E-state index is 11.4. The zero-order chi connectivity index (χ0) is 14.5. The topological polar surface area (TPSA) is 82.8 Å². The average molecular weight is 280 g/mol. The third-order valence-electron chi connectivity index (χ3n) is 3.13. The maximum absolute atomic E-state index is 11.4. The summed E-state index contributed by atoms with van der Waals surface area (Å²) in [5, 5.41) is 3.15. The van der Waals surface area contributed by atoms with Crippen LogP contribution in [0.1, 0.15) is 12.8 Å². The molecule has 0 spiro atoms. The molecule has 0 saturated heterocycles. The molecule has 1 aliphatic rings. The molecule has 1 atom stereocenters. The number of primary amides is 1. The number of benzene rings is 1. The highest BCUT2D eigenvalue weighted by atomic mass is 16.5. The van der Waals surface area contributed by atoms with Crippen molar-refractivity contribution in [1.82, 2.24) is 5.32 Å². The van der Waals surface area contributed by atoms with Crippen molar-refractivity contribution >= 4 is 5.91 Å². The number of hydrogen-bond acceptors (Lipinski definition) is 5. The van der Waals surface area contributed by atoms with E-state index in [1.54, 1.807) is 32.4 Å². The van der Waals surface area contributed by atoms with Gasteiger partial charge in [0.2, 0.25) is 11.7 Å². The lowest BCUT2D eigenvalue weighted by Gasteiger charge is -2.18. The van der Waals surface area contributed by atoms with Gasteiger partial charge < -0.3 is 25.3 Å². The highest BCUT2D eigenvalue weighted by Gasteiger charge is 2.28. The van der Waals surface area contributed by atoms with Gasteiger partial charge in [-0.25, -0.2) is 0 Å². The lowest BCUT2D eigenvalue weighted by atomic mass is 10.2. The number of nitrogens with one attached hydrogen (secondary N) is 1. The molecule has 1 aliphatic carbocycles. The molecule has 1 amide bonds. The minimum Gasteiger partial charge on any atom is -0.493 e. The Hall–Kier alpha value is -1.95. The third-order valence-corrected chi connectivity index (χ3v) is 3.13. The summed E-state index contributed by atoms with van der Waals surface area (Å²) in [6.07, 6.45) is 2.14. The SMILES string of the molecule is COc1cccc(OC)c1OCC(NC1CC1)C(N)=O. The molecular weight excluding hydrogens is 260 g/mol. The van der Waals surface area contributed by atoms with Gasteiger partial charge in [-0.2, -0.15) is 0 Å². The number of carbonyl (C=O) groups is 1. The van der Waals surface area contributed by atoms with Crippen molar-refractivity contribution in [3.05, 3.63) is 18.2 Å². The van der Waals surface area contributed by atoms with Crippen LogP contribution in [0.5, 0.6) is 17.2 Å². The first-order chi connectivity index (χ1) is 9.65. The van der Waals surface area contributed by atoms with Crippen molar-refractivity contribution in [2.75, 3.05) is 20.8 Å². The molecule has 0 heterocycles. The van der Waals surface area contributed by atoms with Gasteiger partial charge >= 0.3 is 0 Å². The van der Waals surface area contributed by atoms with E-state index in [0.717, 1.165) is 12.8 Å². The number of ether oxygens (including phenoxy) is 3. The van der Waals surface area contributed by atoms with Crippen molar-refractivity contribution in [3.8, 4) is 17.2 Å². The van der Waals surface area contributed by atoms with E-state index >= 15 is 0 Å². The van der Waals surface area contributed by atoms with Crippen molar-refractivity contribution < 1.29 is 19.0 Å². The Morgan fingerprint density at radius 2 is 1.95 bits per heavy atom. The Balaban J connectivity index is 2.05. The second-order valence-corrected chi connectivity index (χ2v) is 4.70. The maximum Gasteiger partial charge on any atom is 0.238 e. The monoisotopic (exact) mass is 280 g/mol. The van der Waals surface area contributed by atoms with E-state index < -0.39 is 11.9 Å². The fourth-order valence-corrected chi connectivity index (χ4v) is 1.87. The van der Waals surface area contributed by atoms with Gasteiger partial charge in [0.25, 0.3) is 0 Å². The molecule has 6 heteroatoms. The molecule has 0 aliphatic heterocycles. The number of methoxy groups -OCH3 is 2. The fraction of sp³-hybridized carbons (Fsp3) is 0.500. The van der Waals surface area contributed by atoms with Gasteiger partial charge in [0.15, 0.2) is 11.5 Å². The molecule has 3 N–H and O–H groups in total. The van der Waals surface area contributed by atoms with Crippen molar-refractivity contribution in [1.29, 1.82) is 0 Å². The average Bonchev–Trinajstić information content (AvgIpc) is 3.26. The predicted molar refractivity (Wildman–Crippen MR) is 74.2 cm³/mol. The molecule has 1 fully saturated rings. The van der Waals surface area contributed by atoms with E-state index in [1.807, 2.05) is 0 Å². The molecule has 1 saturated carbocycles. The molecule has 1 unspecified atom stereocenters. The predicted octanol–water partition coefficient (Wildman–Crippen LogP) is 0.688. The van der Waals surface area contributed by atoms with Crippen LogP contribution in [-0.4, -0.2) is 38.8 Å².